The van der Waals surface area contributed by atoms with E-state index in [0.29, 0.717) is 22.3 Å². The summed E-state index contributed by atoms with van der Waals surface area (Å²) >= 11 is 0. The molecule has 10 radical (unpaired) electrons. The Bertz CT molecular complexity index is 1190. The molecule has 0 aliphatic heterocycles. The summed E-state index contributed by atoms with van der Waals surface area (Å²) in [4.78, 5) is 0. The predicted molar refractivity (Wildman–Crippen MR) is 116 cm³/mol. The maximum Gasteiger partial charge on any atom is 0.492 e. The summed E-state index contributed by atoms with van der Waals surface area (Å²) in [5.41, 5.74) is 2.94. The van der Waals surface area contributed by atoms with E-state index >= 15 is 0 Å². The molecule has 27 heavy (non-hydrogen) atoms. The van der Waals surface area contributed by atoms with Gasteiger partial charge >= 0.3 is 7.12 Å². The third kappa shape index (κ3) is 2.60. The molecule has 0 aliphatic rings. The van der Waals surface area contributed by atoms with Gasteiger partial charge in [-0.1, -0.05) is 47.3 Å². The zero-order chi connectivity index (χ0) is 19.5. The maximum absolute atomic E-state index is 9.63. The molecule has 0 bridgehead atoms. The van der Waals surface area contributed by atoms with Crippen molar-refractivity contribution in [1.29, 1.82) is 0 Å². The van der Waals surface area contributed by atoms with Crippen LogP contribution in [0.25, 0.3) is 33.1 Å². The summed E-state index contributed by atoms with van der Waals surface area (Å²) in [5.74, 6) is 0. The number of rotatable bonds is 2. The van der Waals surface area contributed by atoms with E-state index in [4.69, 9.17) is 43.6 Å². The monoisotopic (exact) mass is 338 g/mol. The van der Waals surface area contributed by atoms with Gasteiger partial charge in [0.1, 0.15) is 50.4 Å². The average molecular weight is 337 g/mol. The molecule has 0 atom stereocenters. The molecule has 1 aromatic heterocycles. The van der Waals surface area contributed by atoms with Crippen molar-refractivity contribution in [3.63, 3.8) is 0 Å². The molecule has 2 N–H and O–H groups in total. The van der Waals surface area contributed by atoms with Crippen LogP contribution in [0.4, 0.5) is 0 Å². The zero-order valence-electron chi connectivity index (χ0n) is 14.2. The number of fused-ring (bicyclic) bond motifs is 3. The molecule has 3 aromatic carbocycles. The number of benzene rings is 3. The van der Waals surface area contributed by atoms with Crippen LogP contribution in [0.15, 0.2) is 40.8 Å². The lowest BCUT2D eigenvalue weighted by Gasteiger charge is -2.21. The van der Waals surface area contributed by atoms with Gasteiger partial charge in [-0.15, -0.1) is 16.4 Å². The van der Waals surface area contributed by atoms with E-state index in [9.17, 15) is 10.0 Å². The molecule has 0 fully saturated rings. The van der Waals surface area contributed by atoms with Gasteiger partial charge in [0.25, 0.3) is 0 Å². The highest BCUT2D eigenvalue weighted by molar-refractivity contribution is 6.69. The van der Waals surface area contributed by atoms with Crippen molar-refractivity contribution in [3.05, 3.63) is 36.4 Å². The Morgan fingerprint density at radius 1 is 0.667 bits per heavy atom. The van der Waals surface area contributed by atoms with Gasteiger partial charge in [-0.2, -0.15) is 0 Å². The molecule has 0 unspecified atom stereocenters. The molecule has 0 saturated carbocycles. The Kier molecular flexibility index (Phi) is 4.32. The van der Waals surface area contributed by atoms with E-state index in [-0.39, 0.29) is 32.8 Å². The fourth-order valence-corrected chi connectivity index (χ4v) is 3.38. The highest BCUT2D eigenvalue weighted by Gasteiger charge is 2.21. The van der Waals surface area contributed by atoms with E-state index in [0.717, 1.165) is 10.8 Å². The van der Waals surface area contributed by atoms with Gasteiger partial charge in [0.05, 0.1) is 0 Å². The second kappa shape index (κ2) is 6.43. The van der Waals surface area contributed by atoms with Crippen LogP contribution in [0, 0.1) is 0 Å². The van der Waals surface area contributed by atoms with Gasteiger partial charge in [0.2, 0.25) is 0 Å². The van der Waals surface area contributed by atoms with Crippen molar-refractivity contribution < 1.29 is 14.5 Å². The lowest BCUT2D eigenvalue weighted by Crippen LogP contribution is -2.55. The first-order chi connectivity index (χ1) is 12.8. The van der Waals surface area contributed by atoms with Crippen LogP contribution in [0.3, 0.4) is 0 Å². The number of hydrogen-bond acceptors (Lipinski definition) is 3. The lowest BCUT2D eigenvalue weighted by atomic mass is 9.59. The Morgan fingerprint density at radius 3 is 1.78 bits per heavy atom. The van der Waals surface area contributed by atoms with Gasteiger partial charge in [-0.3, -0.25) is 0 Å². The fraction of sp³-hybridized carbons (Fsp3) is 0. The standard InChI is InChI=1S/C18H8B6O3/c19-12-11(13(20)15(22)16(23)14(12)21)9-5-1-3-7-8-4-2-6-10(24(25)26)18(8)27-17(7)9/h1-6,25-26H. The van der Waals surface area contributed by atoms with Crippen molar-refractivity contribution in [2.75, 3.05) is 0 Å². The van der Waals surface area contributed by atoms with Gasteiger partial charge < -0.3 is 14.5 Å². The minimum absolute atomic E-state index is 0.135. The second-order valence-corrected chi connectivity index (χ2v) is 6.33. The van der Waals surface area contributed by atoms with Crippen molar-refractivity contribution in [2.24, 2.45) is 0 Å². The molecule has 0 spiro atoms. The SMILES string of the molecule is [B]c1c([B])c([B])c(-c2cccc3c2oc2c(B(O)O)cccc23)c([B])c1[B]. The normalized spacial score (nSPS) is 11.3. The molecule has 116 valence electrons. The quantitative estimate of drug-likeness (QED) is 0.381. The summed E-state index contributed by atoms with van der Waals surface area (Å²) in [5, 5.41) is 20.8. The van der Waals surface area contributed by atoms with E-state index in [1.54, 1.807) is 18.2 Å². The smallest absolute Gasteiger partial charge is 0.456 e. The molecule has 0 saturated heterocycles. The largest absolute Gasteiger partial charge is 0.492 e. The van der Waals surface area contributed by atoms with Crippen molar-refractivity contribution in [3.8, 4) is 11.1 Å². The minimum Gasteiger partial charge on any atom is -0.456 e. The van der Waals surface area contributed by atoms with Gasteiger partial charge in [0, 0.05) is 21.8 Å². The van der Waals surface area contributed by atoms with Crippen LogP contribution in [-0.2, 0) is 0 Å². The molecule has 4 aromatic rings. The Morgan fingerprint density at radius 2 is 1.19 bits per heavy atom. The minimum atomic E-state index is -1.67. The van der Waals surface area contributed by atoms with Crippen LogP contribution < -0.4 is 32.8 Å². The molecule has 0 aliphatic carbocycles. The van der Waals surface area contributed by atoms with Crippen LogP contribution in [-0.4, -0.2) is 56.4 Å². The van der Waals surface area contributed by atoms with Crippen LogP contribution >= 0.6 is 0 Å². The molecule has 0 amide bonds. The highest BCUT2D eigenvalue weighted by Crippen LogP contribution is 2.33. The molecule has 4 rings (SSSR count). The topological polar surface area (TPSA) is 53.6 Å². The number of furan rings is 1. The molecular formula is C18H8B6O3. The van der Waals surface area contributed by atoms with Crippen molar-refractivity contribution >= 4 is 101 Å². The molecule has 3 nitrogen and oxygen atoms in total. The Balaban J connectivity index is 2.14. The van der Waals surface area contributed by atoms with Crippen molar-refractivity contribution in [1.82, 2.24) is 0 Å². The summed E-state index contributed by atoms with van der Waals surface area (Å²) in [6, 6.07) is 10.6. The summed E-state index contributed by atoms with van der Waals surface area (Å²) in [6.45, 7) is 0. The van der Waals surface area contributed by atoms with Gasteiger partial charge in [-0.05, 0) is 5.56 Å². The van der Waals surface area contributed by atoms with Crippen LogP contribution in [0.5, 0.6) is 0 Å². The summed E-state index contributed by atoms with van der Waals surface area (Å²) in [7, 11) is 28.6. The number of hydrogen-bond donors (Lipinski definition) is 2. The van der Waals surface area contributed by atoms with Crippen LogP contribution in [0.2, 0.25) is 0 Å². The first-order valence-electron chi connectivity index (χ1n) is 8.14. The van der Waals surface area contributed by atoms with Gasteiger partial charge in [0.15, 0.2) is 0 Å². The maximum atomic E-state index is 9.63. The second-order valence-electron chi connectivity index (χ2n) is 6.33. The molecular weight excluding hydrogens is 329 g/mol. The fourth-order valence-electron chi connectivity index (χ4n) is 3.38. The zero-order valence-corrected chi connectivity index (χ0v) is 14.2. The highest BCUT2D eigenvalue weighted by atomic mass is 16.4. The lowest BCUT2D eigenvalue weighted by molar-refractivity contribution is 0.425. The van der Waals surface area contributed by atoms with Crippen LogP contribution in [0.1, 0.15) is 0 Å². The number of para-hydroxylation sites is 2. The van der Waals surface area contributed by atoms with E-state index in [2.05, 4.69) is 0 Å². The van der Waals surface area contributed by atoms with Crippen molar-refractivity contribution in [2.45, 2.75) is 0 Å². The average Bonchev–Trinajstić information content (AvgIpc) is 3.04. The third-order valence-electron chi connectivity index (χ3n) is 4.80. The third-order valence-corrected chi connectivity index (χ3v) is 4.80. The first-order valence-corrected chi connectivity index (χ1v) is 8.14. The summed E-state index contributed by atoms with van der Waals surface area (Å²) in [6.07, 6.45) is 0. The summed E-state index contributed by atoms with van der Waals surface area (Å²) < 4.78 is 6.01. The van der Waals surface area contributed by atoms with Gasteiger partial charge in [-0.25, -0.2) is 0 Å². The first kappa shape index (κ1) is 18.1. The Hall–Kier alpha value is -2.23. The van der Waals surface area contributed by atoms with E-state index in [1.807, 2.05) is 18.2 Å². The van der Waals surface area contributed by atoms with E-state index in [1.165, 1.54) is 0 Å². The molecule has 9 heteroatoms. The molecule has 1 heterocycles. The van der Waals surface area contributed by atoms with E-state index < -0.39 is 7.12 Å². The predicted octanol–water partition coefficient (Wildman–Crippen LogP) is -3.10. The Labute approximate surface area is 163 Å².